The molecule has 8 nitrogen and oxygen atoms in total. The van der Waals surface area contributed by atoms with Crippen molar-refractivity contribution in [2.45, 2.75) is 6.54 Å². The molecule has 28 heavy (non-hydrogen) atoms. The van der Waals surface area contributed by atoms with Crippen molar-refractivity contribution in [3.63, 3.8) is 0 Å². The van der Waals surface area contributed by atoms with Crippen LogP contribution in [-0.2, 0) is 6.54 Å². The molecule has 1 fully saturated rings. The first-order valence-corrected chi connectivity index (χ1v) is 9.41. The summed E-state index contributed by atoms with van der Waals surface area (Å²) in [6, 6.07) is 16.0. The van der Waals surface area contributed by atoms with Crippen LogP contribution in [-0.4, -0.2) is 60.6 Å². The Morgan fingerprint density at radius 1 is 1.00 bits per heavy atom. The van der Waals surface area contributed by atoms with Crippen LogP contribution < -0.4 is 19.3 Å². The minimum absolute atomic E-state index is 0.796. The molecular weight excluding hydrogens is 356 g/mol. The first-order valence-electron chi connectivity index (χ1n) is 9.41. The summed E-state index contributed by atoms with van der Waals surface area (Å²) in [5.41, 5.74) is 2.14. The Labute approximate surface area is 164 Å². The number of para-hydroxylation sites is 1. The number of methoxy groups -OCH3 is 2. The van der Waals surface area contributed by atoms with Crippen LogP contribution in [0.4, 0.5) is 5.95 Å². The van der Waals surface area contributed by atoms with Gasteiger partial charge in [-0.15, -0.1) is 0 Å². The van der Waals surface area contributed by atoms with Gasteiger partial charge < -0.3 is 19.3 Å². The Morgan fingerprint density at radius 2 is 1.79 bits per heavy atom. The highest BCUT2D eigenvalue weighted by Gasteiger charge is 2.25. The van der Waals surface area contributed by atoms with Gasteiger partial charge in [0.15, 0.2) is 0 Å². The van der Waals surface area contributed by atoms with E-state index < -0.39 is 0 Å². The maximum Gasteiger partial charge on any atom is 0.250 e. The second kappa shape index (κ2) is 8.26. The van der Waals surface area contributed by atoms with Crippen molar-refractivity contribution in [3.05, 3.63) is 54.1 Å². The number of piperazine rings is 1. The van der Waals surface area contributed by atoms with Crippen LogP contribution in [0.2, 0.25) is 0 Å². The molecule has 0 aliphatic carbocycles. The van der Waals surface area contributed by atoms with Gasteiger partial charge in [0.1, 0.15) is 18.0 Å². The molecule has 146 valence electrons. The zero-order chi connectivity index (χ0) is 19.3. The molecular formula is C20H25N6O2+. The average molecular weight is 381 g/mol. The molecule has 0 spiro atoms. The molecule has 3 aromatic rings. The van der Waals surface area contributed by atoms with E-state index in [1.165, 1.54) is 10.5 Å². The predicted molar refractivity (Wildman–Crippen MR) is 105 cm³/mol. The van der Waals surface area contributed by atoms with Gasteiger partial charge in [-0.25, -0.2) is 0 Å². The molecule has 4 rings (SSSR count). The number of ether oxygens (including phenoxy) is 2. The fourth-order valence-electron chi connectivity index (χ4n) is 3.61. The van der Waals surface area contributed by atoms with Crippen molar-refractivity contribution in [2.24, 2.45) is 0 Å². The van der Waals surface area contributed by atoms with Crippen LogP contribution in [0.3, 0.4) is 0 Å². The van der Waals surface area contributed by atoms with Gasteiger partial charge in [0.2, 0.25) is 0 Å². The van der Waals surface area contributed by atoms with E-state index in [0.717, 1.165) is 55.9 Å². The molecule has 0 bridgehead atoms. The van der Waals surface area contributed by atoms with Gasteiger partial charge >= 0.3 is 0 Å². The van der Waals surface area contributed by atoms with Gasteiger partial charge in [0, 0.05) is 0 Å². The zero-order valence-electron chi connectivity index (χ0n) is 16.2. The third kappa shape index (κ3) is 3.77. The van der Waals surface area contributed by atoms with Gasteiger partial charge in [-0.1, -0.05) is 23.3 Å². The number of nitrogens with one attached hydrogen (secondary N) is 1. The Balaban J connectivity index is 1.43. The fourth-order valence-corrected chi connectivity index (χ4v) is 3.61. The monoisotopic (exact) mass is 381 g/mol. The molecule has 8 heteroatoms. The molecule has 0 amide bonds. The maximum absolute atomic E-state index is 5.52. The standard InChI is InChI=1S/C20H24N6O2/c1-27-18-8-9-19(28-2)16(14-18)15-24-10-12-25(13-11-24)20-21-22-23-26(20)17-6-4-3-5-7-17/h3-9,14H,10-13,15H2,1-2H3/p+1. The quantitative estimate of drug-likeness (QED) is 0.674. The number of quaternary nitrogens is 1. The summed E-state index contributed by atoms with van der Waals surface area (Å²) in [5.74, 6) is 2.56. The molecule has 1 aromatic heterocycles. The highest BCUT2D eigenvalue weighted by Crippen LogP contribution is 2.23. The number of nitrogens with zero attached hydrogens (tertiary/aromatic N) is 5. The number of hydrogen-bond donors (Lipinski definition) is 1. The normalized spacial score (nSPS) is 14.9. The molecule has 1 aliphatic rings. The number of hydrogen-bond acceptors (Lipinski definition) is 6. The SMILES string of the molecule is COc1ccc(OC)c(C[NH+]2CCN(c3nnnn3-c3ccccc3)CC2)c1. The summed E-state index contributed by atoms with van der Waals surface area (Å²) in [5, 5.41) is 12.3. The van der Waals surface area contributed by atoms with E-state index in [0.29, 0.717) is 0 Å². The lowest BCUT2D eigenvalue weighted by molar-refractivity contribution is -0.914. The largest absolute Gasteiger partial charge is 0.497 e. The van der Waals surface area contributed by atoms with E-state index in [1.807, 2.05) is 42.5 Å². The number of tetrazole rings is 1. The minimum Gasteiger partial charge on any atom is -0.497 e. The first kappa shape index (κ1) is 18.2. The lowest BCUT2D eigenvalue weighted by atomic mass is 10.1. The van der Waals surface area contributed by atoms with Crippen LogP contribution in [0.1, 0.15) is 5.56 Å². The number of aromatic nitrogens is 4. The summed E-state index contributed by atoms with van der Waals surface area (Å²) in [6.07, 6.45) is 0. The van der Waals surface area contributed by atoms with E-state index >= 15 is 0 Å². The van der Waals surface area contributed by atoms with Crippen molar-refractivity contribution in [2.75, 3.05) is 45.3 Å². The van der Waals surface area contributed by atoms with Crippen molar-refractivity contribution < 1.29 is 14.4 Å². The highest BCUT2D eigenvalue weighted by molar-refractivity contribution is 5.41. The Hall–Kier alpha value is -3.13. The molecule has 1 saturated heterocycles. The Bertz CT molecular complexity index is 906. The molecule has 2 heterocycles. The molecule has 1 N–H and O–H groups in total. The summed E-state index contributed by atoms with van der Waals surface area (Å²) in [7, 11) is 3.40. The molecule has 0 saturated carbocycles. The number of anilines is 1. The summed E-state index contributed by atoms with van der Waals surface area (Å²) in [4.78, 5) is 3.75. The molecule has 2 aromatic carbocycles. The van der Waals surface area contributed by atoms with Crippen molar-refractivity contribution in [3.8, 4) is 17.2 Å². The van der Waals surface area contributed by atoms with Crippen LogP contribution in [0.5, 0.6) is 11.5 Å². The molecule has 0 radical (unpaired) electrons. The molecule has 0 unspecified atom stereocenters. The van der Waals surface area contributed by atoms with Gasteiger partial charge in [-0.2, -0.15) is 4.68 Å². The van der Waals surface area contributed by atoms with Crippen LogP contribution in [0.15, 0.2) is 48.5 Å². The highest BCUT2D eigenvalue weighted by atomic mass is 16.5. The first-order chi connectivity index (χ1) is 13.8. The van der Waals surface area contributed by atoms with Gasteiger partial charge in [-0.3, -0.25) is 0 Å². The Morgan fingerprint density at radius 3 is 2.50 bits per heavy atom. The number of rotatable bonds is 6. The van der Waals surface area contributed by atoms with Crippen LogP contribution in [0.25, 0.3) is 5.69 Å². The second-order valence-corrected chi connectivity index (χ2v) is 6.82. The summed E-state index contributed by atoms with van der Waals surface area (Å²) < 4.78 is 12.7. The summed E-state index contributed by atoms with van der Waals surface area (Å²) in [6.45, 7) is 4.70. The van der Waals surface area contributed by atoms with Crippen LogP contribution in [0, 0.1) is 0 Å². The predicted octanol–water partition coefficient (Wildman–Crippen LogP) is 0.585. The van der Waals surface area contributed by atoms with E-state index in [9.17, 15) is 0 Å². The van der Waals surface area contributed by atoms with Crippen molar-refractivity contribution in [1.29, 1.82) is 0 Å². The van der Waals surface area contributed by atoms with E-state index in [1.54, 1.807) is 18.9 Å². The molecule has 1 aliphatic heterocycles. The average Bonchev–Trinajstić information content (AvgIpc) is 3.25. The van der Waals surface area contributed by atoms with E-state index in [2.05, 4.69) is 26.5 Å². The zero-order valence-corrected chi connectivity index (χ0v) is 16.2. The lowest BCUT2D eigenvalue weighted by Crippen LogP contribution is -3.13. The van der Waals surface area contributed by atoms with Crippen molar-refractivity contribution >= 4 is 5.95 Å². The molecule has 0 atom stereocenters. The minimum atomic E-state index is 0.796. The number of benzene rings is 2. The smallest absolute Gasteiger partial charge is 0.250 e. The maximum atomic E-state index is 5.52. The van der Waals surface area contributed by atoms with E-state index in [-0.39, 0.29) is 0 Å². The van der Waals surface area contributed by atoms with Gasteiger partial charge in [0.05, 0.1) is 51.6 Å². The topological polar surface area (TPSA) is 69.7 Å². The van der Waals surface area contributed by atoms with Gasteiger partial charge in [0.25, 0.3) is 5.95 Å². The second-order valence-electron chi connectivity index (χ2n) is 6.82. The van der Waals surface area contributed by atoms with Crippen molar-refractivity contribution in [1.82, 2.24) is 20.2 Å². The third-order valence-corrected chi connectivity index (χ3v) is 5.14. The fraction of sp³-hybridized carbons (Fsp3) is 0.350. The Kier molecular flexibility index (Phi) is 5.38. The lowest BCUT2D eigenvalue weighted by Gasteiger charge is -2.32. The van der Waals surface area contributed by atoms with Gasteiger partial charge in [-0.05, 0) is 40.8 Å². The van der Waals surface area contributed by atoms with E-state index in [4.69, 9.17) is 9.47 Å². The summed E-state index contributed by atoms with van der Waals surface area (Å²) >= 11 is 0. The third-order valence-electron chi connectivity index (χ3n) is 5.14. The van der Waals surface area contributed by atoms with Crippen LogP contribution >= 0.6 is 0 Å².